The van der Waals surface area contributed by atoms with Crippen molar-refractivity contribution in [2.75, 3.05) is 6.61 Å². The van der Waals surface area contributed by atoms with Gasteiger partial charge in [0, 0.05) is 15.5 Å². The summed E-state index contributed by atoms with van der Waals surface area (Å²) in [6.07, 6.45) is 0.641. The molecule has 1 aliphatic heterocycles. The largest absolute Gasteiger partial charge is 0.698 e. The van der Waals surface area contributed by atoms with E-state index in [2.05, 4.69) is 15.9 Å². The van der Waals surface area contributed by atoms with Gasteiger partial charge in [-0.1, -0.05) is 28.1 Å². The second kappa shape index (κ2) is 4.49. The zero-order valence-corrected chi connectivity index (χ0v) is 9.83. The number of hydrogen-bond acceptors (Lipinski definition) is 3. The van der Waals surface area contributed by atoms with Crippen LogP contribution >= 0.6 is 24.2 Å². The third-order valence-electron chi connectivity index (χ3n) is 2.01. The molecule has 2 rings (SSSR count). The summed E-state index contributed by atoms with van der Waals surface area (Å²) >= 11 is 3.38. The fraction of sp³-hybridized carbons (Fsp3) is 0.333. The van der Waals surface area contributed by atoms with Crippen molar-refractivity contribution in [3.63, 3.8) is 0 Å². The molecule has 0 aliphatic carbocycles. The first-order chi connectivity index (χ1) is 6.75. The van der Waals surface area contributed by atoms with Crippen molar-refractivity contribution in [3.8, 4) is 0 Å². The van der Waals surface area contributed by atoms with Crippen LogP contribution in [0, 0.1) is 0 Å². The van der Waals surface area contributed by atoms with E-state index in [-0.39, 0.29) is 6.10 Å². The Bertz CT molecular complexity index is 356. The van der Waals surface area contributed by atoms with Gasteiger partial charge in [-0.25, -0.2) is 0 Å². The molecule has 0 bridgehead atoms. The predicted octanol–water partition coefficient (Wildman–Crippen LogP) is 3.58. The highest BCUT2D eigenvalue weighted by atomic mass is 79.9. The molecule has 14 heavy (non-hydrogen) atoms. The van der Waals surface area contributed by atoms with E-state index >= 15 is 0 Å². The summed E-state index contributed by atoms with van der Waals surface area (Å²) in [5, 5.41) is 0. The molecular weight excluding hydrogens is 267 g/mol. The maximum atomic E-state index is 11.0. The first-order valence-corrected chi connectivity index (χ1v) is 6.17. The molecule has 0 saturated carbocycles. The summed E-state index contributed by atoms with van der Waals surface area (Å²) in [5.41, 5.74) is 1.03. The Hall–Kier alpha value is -0.280. The highest BCUT2D eigenvalue weighted by Crippen LogP contribution is 2.40. The average molecular weight is 276 g/mol. The van der Waals surface area contributed by atoms with E-state index < -0.39 is 8.25 Å². The zero-order valence-electron chi connectivity index (χ0n) is 7.35. The molecule has 0 radical (unpaired) electrons. The Kier molecular flexibility index (Phi) is 3.29. The van der Waals surface area contributed by atoms with Crippen LogP contribution in [0.25, 0.3) is 0 Å². The summed E-state index contributed by atoms with van der Waals surface area (Å²) in [5.74, 6) is 0. The molecule has 1 fully saturated rings. The van der Waals surface area contributed by atoms with Crippen LogP contribution in [-0.4, -0.2) is 6.61 Å². The van der Waals surface area contributed by atoms with Crippen molar-refractivity contribution in [1.29, 1.82) is 0 Å². The van der Waals surface area contributed by atoms with E-state index in [1.807, 2.05) is 24.3 Å². The van der Waals surface area contributed by atoms with Crippen LogP contribution in [0.5, 0.6) is 0 Å². The molecule has 1 saturated heterocycles. The molecule has 1 heterocycles. The summed E-state index contributed by atoms with van der Waals surface area (Å²) in [6, 6.07) is 7.82. The van der Waals surface area contributed by atoms with Gasteiger partial charge in [-0.2, -0.15) is 0 Å². The first-order valence-electron chi connectivity index (χ1n) is 4.28. The van der Waals surface area contributed by atoms with Crippen LogP contribution in [0.15, 0.2) is 28.7 Å². The van der Waals surface area contributed by atoms with Gasteiger partial charge in [0.2, 0.25) is 0 Å². The Morgan fingerprint density at radius 2 is 2.36 bits per heavy atom. The normalized spacial score (nSPS) is 24.9. The SMILES string of the molecule is O=[P+]1OCC[C@@H](c2cccc(Br)c2)O1. The number of halogens is 1. The van der Waals surface area contributed by atoms with Gasteiger partial charge >= 0.3 is 8.25 Å². The second-order valence-corrected chi connectivity index (χ2v) is 4.83. The van der Waals surface area contributed by atoms with Crippen LogP contribution < -0.4 is 0 Å². The molecule has 5 heteroatoms. The molecular formula is C9H9BrO3P+. The highest BCUT2D eigenvalue weighted by molar-refractivity contribution is 9.10. The molecule has 1 aliphatic rings. The lowest BCUT2D eigenvalue weighted by atomic mass is 10.1. The van der Waals surface area contributed by atoms with Crippen LogP contribution in [0.4, 0.5) is 0 Å². The third-order valence-corrected chi connectivity index (χ3v) is 3.32. The molecule has 1 unspecified atom stereocenters. The van der Waals surface area contributed by atoms with Gasteiger partial charge in [0.15, 0.2) is 0 Å². The average Bonchev–Trinajstić information content (AvgIpc) is 2.18. The van der Waals surface area contributed by atoms with Gasteiger partial charge in [-0.05, 0) is 17.7 Å². The van der Waals surface area contributed by atoms with E-state index in [0.29, 0.717) is 6.61 Å². The molecule has 0 amide bonds. The van der Waals surface area contributed by atoms with Gasteiger partial charge in [0.1, 0.15) is 12.7 Å². The summed E-state index contributed by atoms with van der Waals surface area (Å²) in [7, 11) is -1.93. The number of benzene rings is 1. The summed E-state index contributed by atoms with van der Waals surface area (Å²) in [6.45, 7) is 0.492. The molecule has 2 atom stereocenters. The van der Waals surface area contributed by atoms with Gasteiger partial charge in [0.05, 0.1) is 0 Å². The van der Waals surface area contributed by atoms with Crippen molar-refractivity contribution in [1.82, 2.24) is 0 Å². The molecule has 1 aromatic carbocycles. The maximum Gasteiger partial charge on any atom is 0.698 e. The van der Waals surface area contributed by atoms with E-state index in [4.69, 9.17) is 9.05 Å². The predicted molar refractivity (Wildman–Crippen MR) is 56.1 cm³/mol. The van der Waals surface area contributed by atoms with Crippen LogP contribution in [0.3, 0.4) is 0 Å². The second-order valence-electron chi connectivity index (χ2n) is 2.99. The molecule has 0 aromatic heterocycles. The quantitative estimate of drug-likeness (QED) is 0.735. The lowest BCUT2D eigenvalue weighted by Crippen LogP contribution is -2.09. The monoisotopic (exact) mass is 275 g/mol. The van der Waals surface area contributed by atoms with Gasteiger partial charge < -0.3 is 0 Å². The minimum absolute atomic E-state index is 0.107. The number of hydrogen-bond donors (Lipinski definition) is 0. The Balaban J connectivity index is 2.17. The molecule has 0 spiro atoms. The van der Waals surface area contributed by atoms with Crippen LogP contribution in [0.2, 0.25) is 0 Å². The first kappa shape index (κ1) is 10.2. The van der Waals surface area contributed by atoms with Crippen molar-refractivity contribution in [3.05, 3.63) is 34.3 Å². The summed E-state index contributed by atoms with van der Waals surface area (Å²) in [4.78, 5) is 0. The Labute approximate surface area is 91.5 Å². The standard InChI is InChI=1S/C9H9BrO3P/c10-8-3-1-2-7(6-8)9-4-5-12-14(11)13-9/h1-3,6,9H,4-5H2/q+1/t9-/m0/s1. The van der Waals surface area contributed by atoms with Crippen LogP contribution in [-0.2, 0) is 13.6 Å². The maximum absolute atomic E-state index is 11.0. The van der Waals surface area contributed by atoms with Gasteiger partial charge in [0.25, 0.3) is 0 Å². The third kappa shape index (κ3) is 2.39. The van der Waals surface area contributed by atoms with E-state index in [1.54, 1.807) is 0 Å². The van der Waals surface area contributed by atoms with Gasteiger partial charge in [-0.3, -0.25) is 0 Å². The Morgan fingerprint density at radius 1 is 1.50 bits per heavy atom. The molecule has 1 aromatic rings. The molecule has 0 N–H and O–H groups in total. The van der Waals surface area contributed by atoms with E-state index in [1.165, 1.54) is 0 Å². The van der Waals surface area contributed by atoms with E-state index in [9.17, 15) is 4.57 Å². The smallest absolute Gasteiger partial charge is 0.119 e. The van der Waals surface area contributed by atoms with Crippen molar-refractivity contribution in [2.24, 2.45) is 0 Å². The van der Waals surface area contributed by atoms with Crippen molar-refractivity contribution < 1.29 is 13.6 Å². The molecule has 74 valence electrons. The lowest BCUT2D eigenvalue weighted by Gasteiger charge is -2.13. The minimum Gasteiger partial charge on any atom is -0.119 e. The minimum atomic E-state index is -1.93. The highest BCUT2D eigenvalue weighted by Gasteiger charge is 2.34. The van der Waals surface area contributed by atoms with Crippen LogP contribution in [0.1, 0.15) is 18.1 Å². The van der Waals surface area contributed by atoms with Gasteiger partial charge in [-0.15, -0.1) is 9.05 Å². The topological polar surface area (TPSA) is 35.5 Å². The Morgan fingerprint density at radius 3 is 3.07 bits per heavy atom. The zero-order chi connectivity index (χ0) is 9.97. The lowest BCUT2D eigenvalue weighted by molar-refractivity contribution is 0.0968. The molecule has 3 nitrogen and oxygen atoms in total. The fourth-order valence-corrected chi connectivity index (χ4v) is 2.52. The van der Waals surface area contributed by atoms with Crippen molar-refractivity contribution in [2.45, 2.75) is 12.5 Å². The van der Waals surface area contributed by atoms with E-state index in [0.717, 1.165) is 16.5 Å². The van der Waals surface area contributed by atoms with Crippen molar-refractivity contribution >= 4 is 24.2 Å². The summed E-state index contributed by atoms with van der Waals surface area (Å²) < 4.78 is 22.1. The fourth-order valence-electron chi connectivity index (χ4n) is 1.36. The number of rotatable bonds is 1.